The Bertz CT molecular complexity index is 2140. The highest BCUT2D eigenvalue weighted by molar-refractivity contribution is 6.33. The SMILES string of the molecule is CCc1c(N2CCN(C(=O)c3ncnc(C)c3O)[C@H]3CC[C@@H]32)c(=O)c2nc(CN3CCOCC3)cnc2n1CC(=O)Nc1ccc(C(F)(F)F)cc1Cl. The topological polar surface area (TPSA) is 159 Å². The Morgan fingerprint density at radius 1 is 1.08 bits per heavy atom. The van der Waals surface area contributed by atoms with Crippen LogP contribution < -0.4 is 15.6 Å². The van der Waals surface area contributed by atoms with Crippen molar-refractivity contribution >= 4 is 46.0 Å². The first kappa shape index (κ1) is 36.5. The summed E-state index contributed by atoms with van der Waals surface area (Å²) in [6.45, 7) is 6.56. The maximum atomic E-state index is 14.6. The van der Waals surface area contributed by atoms with Crippen molar-refractivity contribution in [2.45, 2.75) is 64.5 Å². The standard InChI is InChI=1S/C35H37ClF3N9O5/c1-3-24-30(46-8-9-47(26-7-6-25(26)46)34(52)29-31(50)19(2)41-18-42-29)32(51)28-33(40-15-21(43-28)16-45-10-12-53-13-11-45)48(24)17-27(49)44-23-5-4-20(14-22(23)36)35(37,38)39/h4-5,14-15,18,25-26,50H,3,6-13,16-17H2,1-2H3,(H,44,49)/t25-,26-/m0/s1. The number of benzene rings is 1. The number of fused-ring (bicyclic) bond motifs is 2. The molecule has 0 spiro atoms. The first-order chi connectivity index (χ1) is 25.3. The summed E-state index contributed by atoms with van der Waals surface area (Å²) in [6.07, 6.45) is -0.134. The highest BCUT2D eigenvalue weighted by atomic mass is 35.5. The fourth-order valence-corrected chi connectivity index (χ4v) is 7.54. The average molecular weight is 756 g/mol. The fraction of sp³-hybridized carbons (Fsp3) is 0.457. The zero-order valence-electron chi connectivity index (χ0n) is 29.0. The van der Waals surface area contributed by atoms with Crippen LogP contribution in [0.5, 0.6) is 5.75 Å². The molecule has 280 valence electrons. The molecule has 2 saturated heterocycles. The van der Waals surface area contributed by atoms with Gasteiger partial charge in [-0.3, -0.25) is 19.3 Å². The van der Waals surface area contributed by atoms with Gasteiger partial charge in [0.25, 0.3) is 5.91 Å². The highest BCUT2D eigenvalue weighted by Crippen LogP contribution is 2.39. The van der Waals surface area contributed by atoms with Crippen LogP contribution >= 0.6 is 11.6 Å². The van der Waals surface area contributed by atoms with Gasteiger partial charge in [0.1, 0.15) is 18.6 Å². The minimum Gasteiger partial charge on any atom is -0.504 e. The van der Waals surface area contributed by atoms with E-state index in [1.54, 1.807) is 22.6 Å². The number of amides is 2. The number of morpholine rings is 1. The van der Waals surface area contributed by atoms with Crippen molar-refractivity contribution in [3.05, 3.63) is 74.3 Å². The molecular weight excluding hydrogens is 719 g/mol. The third-order valence-corrected chi connectivity index (χ3v) is 10.4. The van der Waals surface area contributed by atoms with Crippen LogP contribution in [0.3, 0.4) is 0 Å². The average Bonchev–Trinajstić information content (AvgIpc) is 3.11. The Morgan fingerprint density at radius 3 is 2.51 bits per heavy atom. The zero-order chi connectivity index (χ0) is 37.6. The van der Waals surface area contributed by atoms with E-state index in [9.17, 15) is 32.7 Å². The lowest BCUT2D eigenvalue weighted by atomic mass is 9.81. The van der Waals surface area contributed by atoms with Crippen LogP contribution in [0.25, 0.3) is 11.2 Å². The number of nitrogens with zero attached hydrogens (tertiary/aromatic N) is 8. The van der Waals surface area contributed by atoms with E-state index in [0.717, 1.165) is 18.2 Å². The maximum Gasteiger partial charge on any atom is 0.416 e. The van der Waals surface area contributed by atoms with Crippen LogP contribution in [0.2, 0.25) is 5.02 Å². The molecule has 5 heterocycles. The molecule has 3 fully saturated rings. The smallest absolute Gasteiger partial charge is 0.416 e. The van der Waals surface area contributed by atoms with Gasteiger partial charge in [-0.15, -0.1) is 0 Å². The summed E-state index contributed by atoms with van der Waals surface area (Å²) >= 11 is 6.15. The zero-order valence-corrected chi connectivity index (χ0v) is 29.7. The summed E-state index contributed by atoms with van der Waals surface area (Å²) in [6, 6.07) is 2.15. The van der Waals surface area contributed by atoms with Crippen LogP contribution in [0, 0.1) is 6.92 Å². The van der Waals surface area contributed by atoms with Crippen molar-refractivity contribution in [2.75, 3.05) is 49.6 Å². The summed E-state index contributed by atoms with van der Waals surface area (Å²) in [5.41, 5.74) is 0.574. The van der Waals surface area contributed by atoms with Gasteiger partial charge in [-0.1, -0.05) is 18.5 Å². The predicted octanol–water partition coefficient (Wildman–Crippen LogP) is 3.79. The second kappa shape index (κ2) is 14.5. The van der Waals surface area contributed by atoms with E-state index in [4.69, 9.17) is 21.3 Å². The molecule has 3 aliphatic rings. The van der Waals surface area contributed by atoms with Gasteiger partial charge in [0.05, 0.1) is 53.1 Å². The summed E-state index contributed by atoms with van der Waals surface area (Å²) < 4.78 is 46.9. The first-order valence-electron chi connectivity index (χ1n) is 17.3. The van der Waals surface area contributed by atoms with Gasteiger partial charge in [-0.05, 0) is 44.4 Å². The highest BCUT2D eigenvalue weighted by Gasteiger charge is 2.47. The van der Waals surface area contributed by atoms with Crippen molar-refractivity contribution in [1.29, 1.82) is 0 Å². The number of hydrogen-bond acceptors (Lipinski definition) is 11. The Morgan fingerprint density at radius 2 is 1.83 bits per heavy atom. The van der Waals surface area contributed by atoms with E-state index in [1.165, 1.54) is 6.33 Å². The Hall–Kier alpha value is -4.87. The monoisotopic (exact) mass is 755 g/mol. The summed E-state index contributed by atoms with van der Waals surface area (Å²) in [5.74, 6) is -1.30. The van der Waals surface area contributed by atoms with Crippen LogP contribution in [0.15, 0.2) is 35.5 Å². The normalized spacial score (nSPS) is 19.2. The number of pyridine rings is 1. The number of ether oxygens (including phenoxy) is 1. The molecule has 3 aromatic heterocycles. The predicted molar refractivity (Wildman–Crippen MR) is 188 cm³/mol. The molecule has 1 aromatic carbocycles. The Labute approximate surface area is 306 Å². The largest absolute Gasteiger partial charge is 0.504 e. The Kier molecular flexibility index (Phi) is 9.99. The molecule has 53 heavy (non-hydrogen) atoms. The van der Waals surface area contributed by atoms with E-state index in [2.05, 4.69) is 25.2 Å². The second-order valence-corrected chi connectivity index (χ2v) is 13.7. The van der Waals surface area contributed by atoms with E-state index < -0.39 is 23.6 Å². The van der Waals surface area contributed by atoms with Gasteiger partial charge in [-0.2, -0.15) is 13.2 Å². The number of carbonyl (C=O) groups excluding carboxylic acids is 2. The van der Waals surface area contributed by atoms with Gasteiger partial charge in [0.15, 0.2) is 22.6 Å². The molecule has 2 amide bonds. The van der Waals surface area contributed by atoms with Crippen molar-refractivity contribution in [2.24, 2.45) is 0 Å². The van der Waals surface area contributed by atoms with Crippen molar-refractivity contribution < 1.29 is 32.6 Å². The third-order valence-electron chi connectivity index (χ3n) is 10.1. The van der Waals surface area contributed by atoms with Crippen molar-refractivity contribution in [1.82, 2.24) is 34.3 Å². The first-order valence-corrected chi connectivity index (χ1v) is 17.7. The molecule has 2 aliphatic heterocycles. The number of carbonyl (C=O) groups is 2. The van der Waals surface area contributed by atoms with Crippen LogP contribution in [0.4, 0.5) is 24.5 Å². The number of aromatic nitrogens is 5. The van der Waals surface area contributed by atoms with Gasteiger partial charge < -0.3 is 29.5 Å². The van der Waals surface area contributed by atoms with Crippen LogP contribution in [-0.2, 0) is 35.2 Å². The summed E-state index contributed by atoms with van der Waals surface area (Å²) in [4.78, 5) is 65.1. The number of anilines is 2. The minimum absolute atomic E-state index is 0.00446. The van der Waals surface area contributed by atoms with E-state index >= 15 is 0 Å². The van der Waals surface area contributed by atoms with E-state index in [1.807, 2.05) is 11.8 Å². The molecule has 1 aliphatic carbocycles. The quantitative estimate of drug-likeness (QED) is 0.270. The third kappa shape index (κ3) is 7.00. The minimum atomic E-state index is -4.61. The fourth-order valence-electron chi connectivity index (χ4n) is 7.31. The number of rotatable bonds is 8. The number of aromatic hydroxyl groups is 1. The number of halogens is 4. The van der Waals surface area contributed by atoms with E-state index in [0.29, 0.717) is 69.2 Å². The molecule has 18 heteroatoms. The van der Waals surface area contributed by atoms with Gasteiger partial charge >= 0.3 is 6.18 Å². The maximum absolute atomic E-state index is 14.6. The molecule has 7 rings (SSSR count). The number of nitrogens with one attached hydrogen (secondary N) is 1. The molecular formula is C35H37ClF3N9O5. The Balaban J connectivity index is 1.26. The number of hydrogen-bond donors (Lipinski definition) is 2. The van der Waals surface area contributed by atoms with Crippen LogP contribution in [0.1, 0.15) is 52.9 Å². The lowest BCUT2D eigenvalue weighted by Crippen LogP contribution is -2.67. The molecule has 1 saturated carbocycles. The molecule has 4 aromatic rings. The second-order valence-electron chi connectivity index (χ2n) is 13.3. The van der Waals surface area contributed by atoms with Crippen LogP contribution in [-0.4, -0.2) is 103 Å². The van der Waals surface area contributed by atoms with Gasteiger partial charge in [0.2, 0.25) is 11.3 Å². The van der Waals surface area contributed by atoms with Gasteiger partial charge in [-0.25, -0.2) is 19.9 Å². The molecule has 0 bridgehead atoms. The molecule has 0 unspecified atom stereocenters. The number of aryl methyl sites for hydroxylation is 1. The molecule has 2 atom stereocenters. The molecule has 0 radical (unpaired) electrons. The van der Waals surface area contributed by atoms with Crippen molar-refractivity contribution in [3.63, 3.8) is 0 Å². The summed E-state index contributed by atoms with van der Waals surface area (Å²) in [5, 5.41) is 12.9. The van der Waals surface area contributed by atoms with E-state index in [-0.39, 0.29) is 76.2 Å². The van der Waals surface area contributed by atoms with Gasteiger partial charge in [0, 0.05) is 44.5 Å². The summed E-state index contributed by atoms with van der Waals surface area (Å²) in [7, 11) is 0. The number of piperazine rings is 1. The molecule has 14 nitrogen and oxygen atoms in total. The lowest BCUT2D eigenvalue weighted by molar-refractivity contribution is -0.137. The van der Waals surface area contributed by atoms with Crippen molar-refractivity contribution in [3.8, 4) is 5.75 Å². The lowest BCUT2D eigenvalue weighted by Gasteiger charge is -2.54. The molecule has 2 N–H and O–H groups in total. The number of alkyl halides is 3.